The molecule has 4 nitrogen and oxygen atoms in total. The van der Waals surface area contributed by atoms with Gasteiger partial charge in [-0.15, -0.1) is 0 Å². The molecule has 0 fully saturated rings. The Labute approximate surface area is 110 Å². The summed E-state index contributed by atoms with van der Waals surface area (Å²) in [6.07, 6.45) is 0.972. The van der Waals surface area contributed by atoms with Gasteiger partial charge < -0.3 is 14.6 Å². The summed E-state index contributed by atoms with van der Waals surface area (Å²) in [5.41, 5.74) is 0.883. The molecule has 104 valence electrons. The first kappa shape index (κ1) is 15.2. The fraction of sp³-hybridized carbons (Fsp3) is 0.786. The molecule has 0 bridgehead atoms. The van der Waals surface area contributed by atoms with Crippen molar-refractivity contribution in [3.05, 3.63) is 17.5 Å². The number of hydrogen-bond donors (Lipinski definition) is 1. The third kappa shape index (κ3) is 5.65. The van der Waals surface area contributed by atoms with Crippen LogP contribution in [-0.2, 0) is 17.9 Å². The van der Waals surface area contributed by atoms with Gasteiger partial charge >= 0.3 is 0 Å². The van der Waals surface area contributed by atoms with E-state index in [-0.39, 0.29) is 11.1 Å². The lowest BCUT2D eigenvalue weighted by Gasteiger charge is -2.22. The Bertz CT molecular complexity index is 364. The maximum absolute atomic E-state index is 5.77. The van der Waals surface area contributed by atoms with E-state index >= 15 is 0 Å². The van der Waals surface area contributed by atoms with Crippen molar-refractivity contribution < 1.29 is 9.26 Å². The summed E-state index contributed by atoms with van der Waals surface area (Å²) < 4.78 is 11.0. The van der Waals surface area contributed by atoms with Crippen LogP contribution in [0.25, 0.3) is 0 Å². The van der Waals surface area contributed by atoms with Crippen molar-refractivity contribution in [2.45, 2.75) is 72.3 Å². The van der Waals surface area contributed by atoms with Crippen molar-refractivity contribution in [2.24, 2.45) is 0 Å². The zero-order valence-electron chi connectivity index (χ0n) is 12.5. The summed E-state index contributed by atoms with van der Waals surface area (Å²) >= 11 is 0. The van der Waals surface area contributed by atoms with E-state index in [1.807, 2.05) is 6.07 Å². The van der Waals surface area contributed by atoms with E-state index in [1.54, 1.807) is 0 Å². The zero-order chi connectivity index (χ0) is 13.8. The first-order chi connectivity index (χ1) is 8.22. The van der Waals surface area contributed by atoms with Crippen molar-refractivity contribution in [2.75, 3.05) is 0 Å². The number of rotatable bonds is 6. The van der Waals surface area contributed by atoms with Gasteiger partial charge in [-0.1, -0.05) is 12.1 Å². The molecule has 0 aliphatic carbocycles. The fourth-order valence-corrected chi connectivity index (χ4v) is 1.23. The van der Waals surface area contributed by atoms with E-state index in [0.717, 1.165) is 17.9 Å². The topological polar surface area (TPSA) is 47.3 Å². The molecule has 0 aliphatic heterocycles. The average Bonchev–Trinajstić information content (AvgIpc) is 2.71. The Morgan fingerprint density at radius 3 is 2.50 bits per heavy atom. The Kier molecular flexibility index (Phi) is 4.93. The average molecular weight is 254 g/mol. The van der Waals surface area contributed by atoms with Crippen molar-refractivity contribution in [3.8, 4) is 0 Å². The minimum atomic E-state index is -0.114. The molecular weight excluding hydrogens is 228 g/mol. The first-order valence-electron chi connectivity index (χ1n) is 6.55. The molecule has 0 aromatic carbocycles. The molecule has 0 aliphatic rings. The predicted molar refractivity (Wildman–Crippen MR) is 72.3 cm³/mol. The van der Waals surface area contributed by atoms with Crippen LogP contribution < -0.4 is 5.32 Å². The van der Waals surface area contributed by atoms with Gasteiger partial charge in [0.25, 0.3) is 0 Å². The van der Waals surface area contributed by atoms with Crippen LogP contribution in [0.15, 0.2) is 10.6 Å². The normalized spacial score (nSPS) is 13.0. The minimum Gasteiger partial charge on any atom is -0.368 e. The molecule has 1 aromatic rings. The molecule has 0 unspecified atom stereocenters. The molecular formula is C14H26N2O2. The van der Waals surface area contributed by atoms with Crippen LogP contribution >= 0.6 is 0 Å². The summed E-state index contributed by atoms with van der Waals surface area (Å²) in [4.78, 5) is 0. The van der Waals surface area contributed by atoms with Crippen molar-refractivity contribution in [3.63, 3.8) is 0 Å². The molecule has 1 aromatic heterocycles. The van der Waals surface area contributed by atoms with Gasteiger partial charge in [-0.2, -0.15) is 0 Å². The first-order valence-corrected chi connectivity index (χ1v) is 6.55. The zero-order valence-corrected chi connectivity index (χ0v) is 12.5. The van der Waals surface area contributed by atoms with Crippen molar-refractivity contribution in [1.29, 1.82) is 0 Å². The van der Waals surface area contributed by atoms with Crippen LogP contribution in [-0.4, -0.2) is 16.3 Å². The monoisotopic (exact) mass is 254 g/mol. The number of nitrogens with one attached hydrogen (secondary N) is 1. The molecule has 0 atom stereocenters. The summed E-state index contributed by atoms with van der Waals surface area (Å²) in [6.45, 7) is 13.8. The van der Waals surface area contributed by atoms with Crippen molar-refractivity contribution in [1.82, 2.24) is 10.5 Å². The molecule has 4 heteroatoms. The van der Waals surface area contributed by atoms with Crippen molar-refractivity contribution >= 4 is 0 Å². The van der Waals surface area contributed by atoms with Crippen LogP contribution in [0.3, 0.4) is 0 Å². The molecule has 0 saturated carbocycles. The summed E-state index contributed by atoms with van der Waals surface area (Å²) in [5.74, 6) is 0.780. The van der Waals surface area contributed by atoms with E-state index in [4.69, 9.17) is 9.26 Å². The standard InChI is InChI=1S/C14H26N2O2/c1-7-14(5,6)17-10-12-8-11(16-18-12)9-15-13(2,3)4/h8,15H,7,9-10H2,1-6H3. The molecule has 1 heterocycles. The Morgan fingerprint density at radius 2 is 1.94 bits per heavy atom. The van der Waals surface area contributed by atoms with Crippen LogP contribution in [0.5, 0.6) is 0 Å². The molecule has 1 rings (SSSR count). The lowest BCUT2D eigenvalue weighted by atomic mass is 10.1. The number of aromatic nitrogens is 1. The molecule has 0 saturated heterocycles. The highest BCUT2D eigenvalue weighted by atomic mass is 16.5. The smallest absolute Gasteiger partial charge is 0.162 e. The number of hydrogen-bond acceptors (Lipinski definition) is 4. The number of ether oxygens (including phenoxy) is 1. The largest absolute Gasteiger partial charge is 0.368 e. The van der Waals surface area contributed by atoms with Gasteiger partial charge in [-0.3, -0.25) is 0 Å². The van der Waals surface area contributed by atoms with E-state index < -0.39 is 0 Å². The molecule has 0 radical (unpaired) electrons. The third-order valence-electron chi connectivity index (χ3n) is 2.86. The summed E-state index contributed by atoms with van der Waals surface area (Å²) in [5, 5.41) is 7.40. The molecule has 1 N–H and O–H groups in total. The van der Waals surface area contributed by atoms with E-state index in [0.29, 0.717) is 13.2 Å². The lowest BCUT2D eigenvalue weighted by Crippen LogP contribution is -2.35. The van der Waals surface area contributed by atoms with Crippen LogP contribution in [0.1, 0.15) is 59.4 Å². The molecule has 0 amide bonds. The van der Waals surface area contributed by atoms with Gasteiger partial charge in [0.05, 0.1) is 11.3 Å². The highest BCUT2D eigenvalue weighted by Gasteiger charge is 2.17. The summed E-state index contributed by atoms with van der Waals surface area (Å²) in [6, 6.07) is 1.95. The lowest BCUT2D eigenvalue weighted by molar-refractivity contribution is -0.0398. The maximum Gasteiger partial charge on any atom is 0.162 e. The molecule has 18 heavy (non-hydrogen) atoms. The fourth-order valence-electron chi connectivity index (χ4n) is 1.23. The van der Waals surface area contributed by atoms with Gasteiger partial charge in [0.1, 0.15) is 6.61 Å². The third-order valence-corrected chi connectivity index (χ3v) is 2.86. The van der Waals surface area contributed by atoms with Crippen LogP contribution in [0.2, 0.25) is 0 Å². The second-order valence-corrected chi connectivity index (χ2v) is 6.29. The highest BCUT2D eigenvalue weighted by molar-refractivity contribution is 5.04. The quantitative estimate of drug-likeness (QED) is 0.846. The van der Waals surface area contributed by atoms with Crippen LogP contribution in [0, 0.1) is 0 Å². The Hall–Kier alpha value is -0.870. The van der Waals surface area contributed by atoms with Gasteiger partial charge in [-0.05, 0) is 41.0 Å². The maximum atomic E-state index is 5.77. The van der Waals surface area contributed by atoms with E-state index in [1.165, 1.54) is 0 Å². The van der Waals surface area contributed by atoms with E-state index in [9.17, 15) is 0 Å². The second kappa shape index (κ2) is 5.85. The number of nitrogens with zero attached hydrogens (tertiary/aromatic N) is 1. The van der Waals surface area contributed by atoms with Gasteiger partial charge in [0, 0.05) is 18.2 Å². The van der Waals surface area contributed by atoms with Gasteiger partial charge in [0.2, 0.25) is 0 Å². The minimum absolute atomic E-state index is 0.0831. The predicted octanol–water partition coefficient (Wildman–Crippen LogP) is 3.27. The second-order valence-electron chi connectivity index (χ2n) is 6.29. The molecule has 0 spiro atoms. The summed E-state index contributed by atoms with van der Waals surface area (Å²) in [7, 11) is 0. The van der Waals surface area contributed by atoms with Crippen LogP contribution in [0.4, 0.5) is 0 Å². The Balaban J connectivity index is 2.44. The van der Waals surface area contributed by atoms with E-state index in [2.05, 4.69) is 52.0 Å². The van der Waals surface area contributed by atoms with Gasteiger partial charge in [0.15, 0.2) is 5.76 Å². The Morgan fingerprint density at radius 1 is 1.28 bits per heavy atom. The van der Waals surface area contributed by atoms with Gasteiger partial charge in [-0.25, -0.2) is 0 Å². The highest BCUT2D eigenvalue weighted by Crippen LogP contribution is 2.17. The SMILES string of the molecule is CCC(C)(C)OCc1cc(CNC(C)(C)C)no1.